The van der Waals surface area contributed by atoms with Crippen molar-refractivity contribution in [2.24, 2.45) is 5.92 Å². The number of carbonyl (C=O) groups excluding carboxylic acids is 1. The van der Waals surface area contributed by atoms with Crippen molar-refractivity contribution in [3.05, 3.63) is 0 Å². The van der Waals surface area contributed by atoms with Crippen LogP contribution in [0.15, 0.2) is 0 Å². The van der Waals surface area contributed by atoms with Crippen molar-refractivity contribution in [1.29, 1.82) is 0 Å². The van der Waals surface area contributed by atoms with Gasteiger partial charge in [-0.15, -0.1) is 0 Å². The molecule has 0 spiro atoms. The van der Waals surface area contributed by atoms with Crippen LogP contribution in [0.4, 0.5) is 13.2 Å². The number of amides is 1. The summed E-state index contributed by atoms with van der Waals surface area (Å²) in [5, 5.41) is 11.1. The fourth-order valence-electron chi connectivity index (χ4n) is 2.22. The van der Waals surface area contributed by atoms with Crippen molar-refractivity contribution in [2.45, 2.75) is 25.6 Å². The van der Waals surface area contributed by atoms with Crippen molar-refractivity contribution in [3.63, 3.8) is 0 Å². The highest BCUT2D eigenvalue weighted by atomic mass is 19.4. The van der Waals surface area contributed by atoms with Crippen LogP contribution in [0.3, 0.4) is 0 Å². The molecule has 0 bridgehead atoms. The summed E-state index contributed by atoms with van der Waals surface area (Å²) in [7, 11) is 0. The lowest BCUT2D eigenvalue weighted by Gasteiger charge is -2.30. The average molecular weight is 312 g/mol. The van der Waals surface area contributed by atoms with Gasteiger partial charge in [0, 0.05) is 6.54 Å². The molecule has 1 fully saturated rings. The molecule has 6 nitrogen and oxygen atoms in total. The molecule has 1 amide bonds. The average Bonchev–Trinajstić information content (AvgIpc) is 2.83. The molecule has 0 aromatic rings. The Morgan fingerprint density at radius 3 is 2.57 bits per heavy atom. The van der Waals surface area contributed by atoms with E-state index in [1.165, 1.54) is 4.90 Å². The number of ether oxygens (including phenoxy) is 1. The first-order chi connectivity index (χ1) is 9.76. The number of nitrogens with zero attached hydrogens (tertiary/aromatic N) is 1. The van der Waals surface area contributed by atoms with Crippen LogP contribution in [-0.4, -0.2) is 66.9 Å². The Balaban J connectivity index is 2.63. The predicted octanol–water partition coefficient (Wildman–Crippen LogP) is 0.476. The van der Waals surface area contributed by atoms with Crippen LogP contribution in [0.25, 0.3) is 0 Å². The van der Waals surface area contributed by atoms with Gasteiger partial charge in [-0.2, -0.15) is 13.2 Å². The number of carbonyl (C=O) groups is 2. The van der Waals surface area contributed by atoms with Gasteiger partial charge in [0.05, 0.1) is 32.3 Å². The molecule has 9 heteroatoms. The van der Waals surface area contributed by atoms with E-state index in [0.717, 1.165) is 0 Å². The fourth-order valence-corrected chi connectivity index (χ4v) is 2.22. The van der Waals surface area contributed by atoms with Crippen molar-refractivity contribution in [2.75, 3.05) is 32.8 Å². The molecule has 21 heavy (non-hydrogen) atoms. The smallest absolute Gasteiger partial charge is 0.401 e. The number of alkyl halides is 3. The van der Waals surface area contributed by atoms with E-state index in [4.69, 9.17) is 9.84 Å². The normalized spacial score (nSPS) is 22.3. The van der Waals surface area contributed by atoms with Gasteiger partial charge in [0.15, 0.2) is 0 Å². The molecule has 0 aliphatic carbocycles. The lowest BCUT2D eigenvalue weighted by atomic mass is 10.0. The number of hydrogen-bond donors (Lipinski definition) is 2. The topological polar surface area (TPSA) is 78.9 Å². The third-order valence-electron chi connectivity index (χ3n) is 3.15. The number of aliphatic carboxylic acids is 1. The highest BCUT2D eigenvalue weighted by Crippen LogP contribution is 2.20. The molecule has 0 saturated carbocycles. The van der Waals surface area contributed by atoms with E-state index in [9.17, 15) is 22.8 Å². The van der Waals surface area contributed by atoms with Gasteiger partial charge in [0.25, 0.3) is 0 Å². The van der Waals surface area contributed by atoms with Crippen LogP contribution in [0, 0.1) is 5.92 Å². The molecule has 1 aliphatic heterocycles. The van der Waals surface area contributed by atoms with Gasteiger partial charge in [0.2, 0.25) is 5.91 Å². The minimum absolute atomic E-state index is 0.00345. The van der Waals surface area contributed by atoms with Crippen LogP contribution in [0.5, 0.6) is 0 Å². The number of carboxylic acid groups (broad SMARTS) is 1. The second-order valence-electron chi connectivity index (χ2n) is 4.86. The Morgan fingerprint density at radius 2 is 2.05 bits per heavy atom. The molecule has 0 aromatic carbocycles. The van der Waals surface area contributed by atoms with E-state index < -0.39 is 43.1 Å². The molecular weight excluding hydrogens is 293 g/mol. The van der Waals surface area contributed by atoms with E-state index in [-0.39, 0.29) is 19.8 Å². The van der Waals surface area contributed by atoms with Gasteiger partial charge in [-0.3, -0.25) is 9.59 Å². The molecule has 1 rings (SSSR count). The zero-order valence-corrected chi connectivity index (χ0v) is 11.7. The monoisotopic (exact) mass is 312 g/mol. The van der Waals surface area contributed by atoms with Crippen LogP contribution in [-0.2, 0) is 14.3 Å². The SMILES string of the molecule is CCCN(C(=O)CNCC(F)(F)F)C1COCC1C(=O)O. The van der Waals surface area contributed by atoms with Crippen LogP contribution in [0.1, 0.15) is 13.3 Å². The second-order valence-corrected chi connectivity index (χ2v) is 4.86. The molecule has 2 unspecified atom stereocenters. The number of carboxylic acids is 1. The summed E-state index contributed by atoms with van der Waals surface area (Å²) in [5.41, 5.74) is 0. The molecule has 1 aliphatic rings. The molecule has 2 atom stereocenters. The van der Waals surface area contributed by atoms with Gasteiger partial charge in [-0.05, 0) is 6.42 Å². The lowest BCUT2D eigenvalue weighted by Crippen LogP contribution is -2.50. The summed E-state index contributed by atoms with van der Waals surface area (Å²) < 4.78 is 41.2. The Hall–Kier alpha value is -1.35. The second kappa shape index (κ2) is 7.60. The van der Waals surface area contributed by atoms with Crippen LogP contribution >= 0.6 is 0 Å². The van der Waals surface area contributed by atoms with E-state index in [1.807, 2.05) is 5.32 Å². The maximum atomic E-state index is 12.0. The Bertz CT molecular complexity index is 376. The molecule has 122 valence electrons. The number of nitrogens with one attached hydrogen (secondary N) is 1. The number of rotatable bonds is 7. The van der Waals surface area contributed by atoms with E-state index in [2.05, 4.69) is 0 Å². The zero-order valence-electron chi connectivity index (χ0n) is 11.7. The largest absolute Gasteiger partial charge is 0.481 e. The summed E-state index contributed by atoms with van der Waals surface area (Å²) in [5.74, 6) is -2.47. The standard InChI is InChI=1S/C12H19F3N2O4/c1-2-3-17(9-6-21-5-8(9)11(19)20)10(18)4-16-7-12(13,14)15/h8-9,16H,2-7H2,1H3,(H,19,20). The third-order valence-corrected chi connectivity index (χ3v) is 3.15. The van der Waals surface area contributed by atoms with Crippen molar-refractivity contribution in [1.82, 2.24) is 10.2 Å². The number of hydrogen-bond acceptors (Lipinski definition) is 4. The van der Waals surface area contributed by atoms with Gasteiger partial charge >= 0.3 is 12.1 Å². The first-order valence-electron chi connectivity index (χ1n) is 6.63. The Morgan fingerprint density at radius 1 is 1.38 bits per heavy atom. The van der Waals surface area contributed by atoms with Crippen molar-refractivity contribution in [3.8, 4) is 0 Å². The first kappa shape index (κ1) is 17.7. The fraction of sp³-hybridized carbons (Fsp3) is 0.833. The molecule has 0 radical (unpaired) electrons. The molecule has 0 aromatic heterocycles. The van der Waals surface area contributed by atoms with Crippen molar-refractivity contribution < 1.29 is 32.6 Å². The molecular formula is C12H19F3N2O4. The Kier molecular flexibility index (Phi) is 6.41. The highest BCUT2D eigenvalue weighted by Gasteiger charge is 2.39. The first-order valence-corrected chi connectivity index (χ1v) is 6.63. The van der Waals surface area contributed by atoms with E-state index in [0.29, 0.717) is 6.42 Å². The zero-order chi connectivity index (χ0) is 16.0. The Labute approximate surface area is 120 Å². The predicted molar refractivity (Wildman–Crippen MR) is 66.7 cm³/mol. The maximum absolute atomic E-state index is 12.0. The van der Waals surface area contributed by atoms with Gasteiger partial charge in [-0.25, -0.2) is 0 Å². The van der Waals surface area contributed by atoms with Crippen LogP contribution in [0.2, 0.25) is 0 Å². The summed E-state index contributed by atoms with van der Waals surface area (Å²) in [6, 6.07) is -0.636. The van der Waals surface area contributed by atoms with Crippen LogP contribution < -0.4 is 5.32 Å². The van der Waals surface area contributed by atoms with E-state index >= 15 is 0 Å². The summed E-state index contributed by atoms with van der Waals surface area (Å²) >= 11 is 0. The third kappa shape index (κ3) is 5.50. The summed E-state index contributed by atoms with van der Waals surface area (Å²) in [6.07, 6.45) is -3.82. The molecule has 2 N–H and O–H groups in total. The van der Waals surface area contributed by atoms with Gasteiger partial charge in [-0.1, -0.05) is 6.92 Å². The molecule has 1 saturated heterocycles. The summed E-state index contributed by atoms with van der Waals surface area (Å²) in [4.78, 5) is 24.4. The lowest BCUT2D eigenvalue weighted by molar-refractivity contribution is -0.145. The highest BCUT2D eigenvalue weighted by molar-refractivity contribution is 5.80. The minimum Gasteiger partial charge on any atom is -0.481 e. The van der Waals surface area contributed by atoms with Crippen molar-refractivity contribution >= 4 is 11.9 Å². The summed E-state index contributed by atoms with van der Waals surface area (Å²) in [6.45, 7) is 0.426. The minimum atomic E-state index is -4.39. The maximum Gasteiger partial charge on any atom is 0.401 e. The van der Waals surface area contributed by atoms with Gasteiger partial charge < -0.3 is 20.1 Å². The quantitative estimate of drug-likeness (QED) is 0.715. The van der Waals surface area contributed by atoms with E-state index in [1.54, 1.807) is 6.92 Å². The van der Waals surface area contributed by atoms with Gasteiger partial charge in [0.1, 0.15) is 5.92 Å². The molecule has 1 heterocycles. The number of halogens is 3.